The van der Waals surface area contributed by atoms with Gasteiger partial charge in [-0.1, -0.05) is 5.16 Å². The zero-order valence-electron chi connectivity index (χ0n) is 16.3. The van der Waals surface area contributed by atoms with Gasteiger partial charge in [0.2, 0.25) is 0 Å². The molecule has 1 amide bonds. The van der Waals surface area contributed by atoms with E-state index in [1.54, 1.807) is 35.4 Å². The van der Waals surface area contributed by atoms with Crippen LogP contribution in [0.3, 0.4) is 0 Å². The van der Waals surface area contributed by atoms with Crippen LogP contribution in [-0.4, -0.2) is 44.8 Å². The molecule has 0 spiro atoms. The topological polar surface area (TPSA) is 105 Å². The lowest BCUT2D eigenvalue weighted by Crippen LogP contribution is -2.41. The third-order valence-corrected chi connectivity index (χ3v) is 4.29. The summed E-state index contributed by atoms with van der Waals surface area (Å²) in [5, 5.41) is 13.0. The summed E-state index contributed by atoms with van der Waals surface area (Å²) in [6, 6.07) is 5.48. The number of nitriles is 1. The predicted molar refractivity (Wildman–Crippen MR) is 102 cm³/mol. The van der Waals surface area contributed by atoms with Crippen LogP contribution in [-0.2, 0) is 4.74 Å². The number of hydrogen-bond acceptors (Lipinski definition) is 7. The second-order valence-corrected chi connectivity index (χ2v) is 7.65. The number of nitrogens with zero attached hydrogens (tertiary/aromatic N) is 5. The van der Waals surface area contributed by atoms with Crippen LogP contribution in [0.4, 0.5) is 4.79 Å². The SMILES string of the molecule is CC(C)(C)OC(=O)N1CCC(c2noc(/C=C/c3ccnc(C#N)c3)n2)CC1. The summed E-state index contributed by atoms with van der Waals surface area (Å²) in [4.78, 5) is 22.2. The molecule has 146 valence electrons. The Bertz CT molecular complexity index is 899. The van der Waals surface area contributed by atoms with E-state index in [1.807, 2.05) is 26.8 Å². The summed E-state index contributed by atoms with van der Waals surface area (Å²) < 4.78 is 10.7. The average molecular weight is 381 g/mol. The molecular weight excluding hydrogens is 358 g/mol. The van der Waals surface area contributed by atoms with E-state index >= 15 is 0 Å². The highest BCUT2D eigenvalue weighted by molar-refractivity contribution is 5.68. The second kappa shape index (κ2) is 8.21. The lowest BCUT2D eigenvalue weighted by molar-refractivity contribution is 0.0203. The fraction of sp³-hybridized carbons (Fsp3) is 0.450. The number of rotatable bonds is 3. The highest BCUT2D eigenvalue weighted by atomic mass is 16.6. The van der Waals surface area contributed by atoms with E-state index in [9.17, 15) is 4.79 Å². The van der Waals surface area contributed by atoms with Crippen LogP contribution in [0.15, 0.2) is 22.9 Å². The molecule has 2 aromatic heterocycles. The summed E-state index contributed by atoms with van der Waals surface area (Å²) in [7, 11) is 0. The van der Waals surface area contributed by atoms with Crippen LogP contribution < -0.4 is 0 Å². The van der Waals surface area contributed by atoms with Crippen molar-refractivity contribution in [1.29, 1.82) is 5.26 Å². The number of piperidine rings is 1. The molecule has 0 N–H and O–H groups in total. The molecule has 0 saturated carbocycles. The van der Waals surface area contributed by atoms with E-state index in [0.29, 0.717) is 30.5 Å². The molecule has 0 bridgehead atoms. The molecule has 0 atom stereocenters. The zero-order valence-corrected chi connectivity index (χ0v) is 16.3. The van der Waals surface area contributed by atoms with Crippen LogP contribution in [0.25, 0.3) is 12.2 Å². The summed E-state index contributed by atoms with van der Waals surface area (Å²) in [5.41, 5.74) is 0.688. The molecule has 8 nitrogen and oxygen atoms in total. The standard InChI is InChI=1S/C20H23N5O3/c1-20(2,3)27-19(26)25-10-7-15(8-11-25)18-23-17(28-24-18)5-4-14-6-9-22-16(12-14)13-21/h4-6,9,12,15H,7-8,10-11H2,1-3H3/b5-4+. The highest BCUT2D eigenvalue weighted by Crippen LogP contribution is 2.27. The fourth-order valence-corrected chi connectivity index (χ4v) is 2.91. The molecule has 1 saturated heterocycles. The number of hydrogen-bond donors (Lipinski definition) is 0. The Morgan fingerprint density at radius 3 is 2.79 bits per heavy atom. The Hall–Kier alpha value is -3.21. The number of ether oxygens (including phenoxy) is 1. The van der Waals surface area contributed by atoms with Crippen molar-refractivity contribution in [3.05, 3.63) is 41.3 Å². The minimum absolute atomic E-state index is 0.149. The molecule has 28 heavy (non-hydrogen) atoms. The lowest BCUT2D eigenvalue weighted by atomic mass is 9.96. The summed E-state index contributed by atoms with van der Waals surface area (Å²) in [6.45, 7) is 6.79. The van der Waals surface area contributed by atoms with E-state index < -0.39 is 5.60 Å². The molecule has 8 heteroatoms. The predicted octanol–water partition coefficient (Wildman–Crippen LogP) is 3.62. The Morgan fingerprint density at radius 2 is 2.11 bits per heavy atom. The van der Waals surface area contributed by atoms with Crippen molar-refractivity contribution >= 4 is 18.2 Å². The van der Waals surface area contributed by atoms with Crippen molar-refractivity contribution in [2.75, 3.05) is 13.1 Å². The number of amides is 1. The first-order chi connectivity index (χ1) is 13.3. The van der Waals surface area contributed by atoms with Gasteiger partial charge in [-0.2, -0.15) is 10.2 Å². The molecule has 3 heterocycles. The van der Waals surface area contributed by atoms with E-state index in [-0.39, 0.29) is 12.0 Å². The summed E-state index contributed by atoms with van der Waals surface area (Å²) in [5.74, 6) is 1.20. The molecule has 0 aromatic carbocycles. The van der Waals surface area contributed by atoms with Gasteiger partial charge in [0.25, 0.3) is 5.89 Å². The minimum Gasteiger partial charge on any atom is -0.444 e. The van der Waals surface area contributed by atoms with Gasteiger partial charge in [0.15, 0.2) is 5.82 Å². The fourth-order valence-electron chi connectivity index (χ4n) is 2.91. The molecule has 1 fully saturated rings. The number of pyridine rings is 1. The van der Waals surface area contributed by atoms with Crippen molar-refractivity contribution in [2.24, 2.45) is 0 Å². The normalized spacial score (nSPS) is 15.6. The molecule has 1 aliphatic heterocycles. The Labute approximate surface area is 163 Å². The Kier molecular flexibility index (Phi) is 5.73. The molecule has 2 aromatic rings. The van der Waals surface area contributed by atoms with Crippen LogP contribution in [0.5, 0.6) is 0 Å². The second-order valence-electron chi connectivity index (χ2n) is 7.65. The molecular formula is C20H23N5O3. The van der Waals surface area contributed by atoms with E-state index in [4.69, 9.17) is 14.5 Å². The molecule has 0 aliphatic carbocycles. The maximum absolute atomic E-state index is 12.1. The van der Waals surface area contributed by atoms with E-state index in [0.717, 1.165) is 18.4 Å². The van der Waals surface area contributed by atoms with Crippen molar-refractivity contribution < 1.29 is 14.1 Å². The summed E-state index contributed by atoms with van der Waals surface area (Å²) >= 11 is 0. The van der Waals surface area contributed by atoms with Gasteiger partial charge in [-0.25, -0.2) is 9.78 Å². The molecule has 0 radical (unpaired) electrons. The molecule has 3 rings (SSSR count). The first kappa shape index (κ1) is 19.5. The third-order valence-electron chi connectivity index (χ3n) is 4.29. The number of carbonyl (C=O) groups excluding carboxylic acids is 1. The summed E-state index contributed by atoms with van der Waals surface area (Å²) in [6.07, 6.45) is 6.33. The smallest absolute Gasteiger partial charge is 0.410 e. The average Bonchev–Trinajstić information content (AvgIpc) is 3.14. The minimum atomic E-state index is -0.494. The van der Waals surface area contributed by atoms with E-state index in [2.05, 4.69) is 15.1 Å². The number of carbonyl (C=O) groups is 1. The van der Waals surface area contributed by atoms with Gasteiger partial charge in [-0.15, -0.1) is 0 Å². The van der Waals surface area contributed by atoms with Crippen molar-refractivity contribution in [3.63, 3.8) is 0 Å². The largest absolute Gasteiger partial charge is 0.444 e. The van der Waals surface area contributed by atoms with Gasteiger partial charge in [0.05, 0.1) is 0 Å². The lowest BCUT2D eigenvalue weighted by Gasteiger charge is -2.32. The van der Waals surface area contributed by atoms with Gasteiger partial charge >= 0.3 is 6.09 Å². The van der Waals surface area contributed by atoms with Crippen LogP contribution in [0.2, 0.25) is 0 Å². The third kappa shape index (κ3) is 5.16. The van der Waals surface area contributed by atoms with Crippen LogP contribution in [0.1, 0.15) is 62.5 Å². The highest BCUT2D eigenvalue weighted by Gasteiger charge is 2.29. The number of likely N-dealkylation sites (tertiary alicyclic amines) is 1. The van der Waals surface area contributed by atoms with Gasteiger partial charge in [-0.3, -0.25) is 0 Å². The van der Waals surface area contributed by atoms with Crippen LogP contribution >= 0.6 is 0 Å². The van der Waals surface area contributed by atoms with Gasteiger partial charge in [-0.05, 0) is 57.4 Å². The molecule has 1 aliphatic rings. The maximum atomic E-state index is 12.1. The van der Waals surface area contributed by atoms with Gasteiger partial charge in [0, 0.05) is 31.3 Å². The van der Waals surface area contributed by atoms with Gasteiger partial charge < -0.3 is 14.2 Å². The first-order valence-electron chi connectivity index (χ1n) is 9.20. The van der Waals surface area contributed by atoms with E-state index in [1.165, 1.54) is 0 Å². The Balaban J connectivity index is 1.57. The van der Waals surface area contributed by atoms with Crippen LogP contribution in [0, 0.1) is 11.3 Å². The van der Waals surface area contributed by atoms with Gasteiger partial charge in [0.1, 0.15) is 17.4 Å². The maximum Gasteiger partial charge on any atom is 0.410 e. The zero-order chi connectivity index (χ0) is 20.1. The monoisotopic (exact) mass is 381 g/mol. The van der Waals surface area contributed by atoms with Crippen molar-refractivity contribution in [3.8, 4) is 6.07 Å². The quantitative estimate of drug-likeness (QED) is 0.799. The Morgan fingerprint density at radius 1 is 1.36 bits per heavy atom. The first-order valence-corrected chi connectivity index (χ1v) is 9.20. The van der Waals surface area contributed by atoms with Crippen molar-refractivity contribution in [1.82, 2.24) is 20.0 Å². The molecule has 0 unspecified atom stereocenters. The van der Waals surface area contributed by atoms with Crippen molar-refractivity contribution in [2.45, 2.75) is 45.1 Å². The number of aromatic nitrogens is 3.